The van der Waals surface area contributed by atoms with Gasteiger partial charge in [-0.25, -0.2) is 0 Å². The lowest BCUT2D eigenvalue weighted by molar-refractivity contribution is 0.132. The summed E-state index contributed by atoms with van der Waals surface area (Å²) in [7, 11) is -3.08. The van der Waals surface area contributed by atoms with E-state index in [0.717, 1.165) is 11.3 Å². The highest BCUT2D eigenvalue weighted by Crippen LogP contribution is 2.62. The smallest absolute Gasteiger partial charge is 0.305 e. The monoisotopic (exact) mass is 298 g/mol. The maximum atomic E-state index is 12.5. The van der Waals surface area contributed by atoms with Gasteiger partial charge in [-0.05, 0) is 32.1 Å². The number of hydrogen-bond acceptors (Lipinski definition) is 4. The molecule has 0 N–H and O–H groups in total. The number of hydrogen-bond donors (Lipinski definition) is 0. The minimum Gasteiger partial charge on any atom is -0.305 e. The van der Waals surface area contributed by atoms with Crippen molar-refractivity contribution in [1.29, 1.82) is 0 Å². The van der Waals surface area contributed by atoms with E-state index in [-0.39, 0.29) is 0 Å². The van der Waals surface area contributed by atoms with Crippen LogP contribution in [0.1, 0.15) is 19.4 Å². The lowest BCUT2D eigenvalue weighted by atomic mass is 10.1. The van der Waals surface area contributed by atoms with E-state index < -0.39 is 13.2 Å². The molecule has 3 nitrogen and oxygen atoms in total. The predicted octanol–water partition coefficient (Wildman–Crippen LogP) is 4.45. The Morgan fingerprint density at radius 1 is 1.32 bits per heavy atom. The van der Waals surface area contributed by atoms with Gasteiger partial charge in [0, 0.05) is 10.7 Å². The number of benzene rings is 1. The summed E-state index contributed by atoms with van der Waals surface area (Å²) in [4.78, 5) is 0.968. The van der Waals surface area contributed by atoms with Gasteiger partial charge in [-0.15, -0.1) is 11.8 Å². The van der Waals surface area contributed by atoms with E-state index in [1.807, 2.05) is 50.4 Å². The van der Waals surface area contributed by atoms with Crippen molar-refractivity contribution < 1.29 is 13.6 Å². The van der Waals surface area contributed by atoms with Crippen molar-refractivity contribution in [3.63, 3.8) is 0 Å². The van der Waals surface area contributed by atoms with E-state index in [1.54, 1.807) is 17.6 Å². The highest BCUT2D eigenvalue weighted by molar-refractivity contribution is 8.02. The van der Waals surface area contributed by atoms with Gasteiger partial charge in [-0.3, -0.25) is 9.09 Å². The molecule has 1 aliphatic rings. The fourth-order valence-electron chi connectivity index (χ4n) is 1.99. The summed E-state index contributed by atoms with van der Waals surface area (Å²) in [5.74, 6) is 1.66. The van der Waals surface area contributed by atoms with Gasteiger partial charge in [0.25, 0.3) is 0 Å². The van der Waals surface area contributed by atoms with E-state index in [9.17, 15) is 4.57 Å². The normalized spacial score (nSPS) is 25.3. The van der Waals surface area contributed by atoms with Crippen LogP contribution >= 0.6 is 19.4 Å². The molecule has 0 bridgehead atoms. The Labute approximate surface area is 118 Å². The predicted molar refractivity (Wildman–Crippen MR) is 80.5 cm³/mol. The molecule has 5 heteroatoms. The first-order valence-corrected chi connectivity index (χ1v) is 9.05. The van der Waals surface area contributed by atoms with Gasteiger partial charge in [0.1, 0.15) is 5.60 Å². The van der Waals surface area contributed by atoms with Crippen molar-refractivity contribution in [3.05, 3.63) is 46.6 Å². The number of thioether (sulfide) groups is 1. The van der Waals surface area contributed by atoms with E-state index in [2.05, 4.69) is 0 Å². The molecular formula is C14H19O3PS. The SMILES string of the molecule is CSC1=CP(=O)(OCCc2ccccc2)OC1(C)C. The molecule has 0 fully saturated rings. The fourth-order valence-corrected chi connectivity index (χ4v) is 5.25. The molecule has 2 rings (SSSR count). The molecule has 0 radical (unpaired) electrons. The van der Waals surface area contributed by atoms with Crippen molar-refractivity contribution in [2.45, 2.75) is 25.9 Å². The third-order valence-electron chi connectivity index (χ3n) is 2.95. The van der Waals surface area contributed by atoms with Crippen LogP contribution in [0.15, 0.2) is 41.1 Å². The summed E-state index contributed by atoms with van der Waals surface area (Å²) in [5.41, 5.74) is 0.656. The highest BCUT2D eigenvalue weighted by atomic mass is 32.2. The second-order valence-corrected chi connectivity index (χ2v) is 7.53. The second-order valence-electron chi connectivity index (χ2n) is 4.91. The fraction of sp³-hybridized carbons (Fsp3) is 0.429. The van der Waals surface area contributed by atoms with Crippen LogP contribution in [0.4, 0.5) is 0 Å². The zero-order valence-electron chi connectivity index (χ0n) is 11.5. The largest absolute Gasteiger partial charge is 0.355 e. The average Bonchev–Trinajstić information content (AvgIpc) is 2.60. The lowest BCUT2D eigenvalue weighted by Crippen LogP contribution is -2.19. The topological polar surface area (TPSA) is 35.5 Å². The Balaban J connectivity index is 1.94. The van der Waals surface area contributed by atoms with Gasteiger partial charge >= 0.3 is 7.60 Å². The first-order valence-electron chi connectivity index (χ1n) is 6.21. The number of rotatable bonds is 5. The zero-order valence-corrected chi connectivity index (χ0v) is 13.2. The molecule has 0 aliphatic carbocycles. The Bertz CT molecular complexity index is 511. The quantitative estimate of drug-likeness (QED) is 0.752. The standard InChI is InChI=1S/C14H19O3PS/c1-14(2)13(19-3)11-18(15,17-14)16-10-9-12-7-5-4-6-8-12/h4-8,11H,9-10H2,1-3H3. The van der Waals surface area contributed by atoms with Crippen LogP contribution in [-0.4, -0.2) is 18.5 Å². The van der Waals surface area contributed by atoms with Crippen LogP contribution in [0.25, 0.3) is 0 Å². The first-order chi connectivity index (χ1) is 8.95. The molecule has 0 aromatic heterocycles. The average molecular weight is 298 g/mol. The van der Waals surface area contributed by atoms with Crippen LogP contribution in [0.3, 0.4) is 0 Å². The summed E-state index contributed by atoms with van der Waals surface area (Å²) in [6.07, 6.45) is 2.69. The Hall–Kier alpha value is -0.540. The van der Waals surface area contributed by atoms with Gasteiger partial charge < -0.3 is 4.52 Å². The zero-order chi connectivity index (χ0) is 13.9. The second kappa shape index (κ2) is 5.84. The van der Waals surface area contributed by atoms with E-state index in [1.165, 1.54) is 5.56 Å². The molecule has 0 amide bonds. The van der Waals surface area contributed by atoms with Crippen molar-refractivity contribution in [3.8, 4) is 0 Å². The third-order valence-corrected chi connectivity index (χ3v) is 6.00. The Kier molecular flexibility index (Phi) is 4.57. The third kappa shape index (κ3) is 3.73. The molecule has 0 saturated heterocycles. The summed E-state index contributed by atoms with van der Waals surface area (Å²) in [6.45, 7) is 4.22. The van der Waals surface area contributed by atoms with Crippen molar-refractivity contribution in [2.75, 3.05) is 12.9 Å². The summed E-state index contributed by atoms with van der Waals surface area (Å²) >= 11 is 1.56. The lowest BCUT2D eigenvalue weighted by Gasteiger charge is -2.21. The summed E-state index contributed by atoms with van der Waals surface area (Å²) in [5, 5.41) is 0. The Morgan fingerprint density at radius 3 is 2.58 bits per heavy atom. The Morgan fingerprint density at radius 2 is 2.00 bits per heavy atom. The van der Waals surface area contributed by atoms with Gasteiger partial charge in [0.05, 0.1) is 6.61 Å². The van der Waals surface area contributed by atoms with Gasteiger partial charge in [-0.2, -0.15) is 0 Å². The molecule has 19 heavy (non-hydrogen) atoms. The van der Waals surface area contributed by atoms with E-state index in [0.29, 0.717) is 6.61 Å². The first kappa shape index (κ1) is 14.9. The molecule has 1 heterocycles. The maximum absolute atomic E-state index is 12.5. The van der Waals surface area contributed by atoms with Crippen LogP contribution in [-0.2, 0) is 20.0 Å². The molecule has 104 valence electrons. The van der Waals surface area contributed by atoms with Crippen molar-refractivity contribution in [1.82, 2.24) is 0 Å². The van der Waals surface area contributed by atoms with E-state index in [4.69, 9.17) is 9.05 Å². The molecule has 0 saturated carbocycles. The molecular weight excluding hydrogens is 279 g/mol. The van der Waals surface area contributed by atoms with Gasteiger partial charge in [0.15, 0.2) is 0 Å². The van der Waals surface area contributed by atoms with Gasteiger partial charge in [-0.1, -0.05) is 30.3 Å². The van der Waals surface area contributed by atoms with E-state index >= 15 is 0 Å². The van der Waals surface area contributed by atoms with Crippen LogP contribution in [0, 0.1) is 0 Å². The molecule has 1 aromatic rings. The van der Waals surface area contributed by atoms with Crippen molar-refractivity contribution in [2.24, 2.45) is 0 Å². The van der Waals surface area contributed by atoms with Crippen LogP contribution in [0.2, 0.25) is 0 Å². The maximum Gasteiger partial charge on any atom is 0.355 e. The highest BCUT2D eigenvalue weighted by Gasteiger charge is 2.42. The summed E-state index contributed by atoms with van der Waals surface area (Å²) < 4.78 is 23.6. The molecule has 1 atom stereocenters. The molecule has 1 unspecified atom stereocenters. The van der Waals surface area contributed by atoms with Gasteiger partial charge in [0.2, 0.25) is 0 Å². The van der Waals surface area contributed by atoms with Crippen LogP contribution < -0.4 is 0 Å². The molecule has 1 aromatic carbocycles. The summed E-state index contributed by atoms with van der Waals surface area (Å²) in [6, 6.07) is 10.0. The minimum atomic E-state index is -3.08. The minimum absolute atomic E-state index is 0.398. The molecule has 0 spiro atoms. The van der Waals surface area contributed by atoms with Crippen LogP contribution in [0.5, 0.6) is 0 Å². The van der Waals surface area contributed by atoms with Crippen molar-refractivity contribution >= 4 is 19.4 Å². The molecule has 1 aliphatic heterocycles.